The van der Waals surface area contributed by atoms with Crippen molar-refractivity contribution in [3.05, 3.63) is 89.3 Å². The number of aryl methyl sites for hydroxylation is 1. The Labute approximate surface area is 244 Å². The van der Waals surface area contributed by atoms with E-state index in [0.717, 1.165) is 4.47 Å². The van der Waals surface area contributed by atoms with Gasteiger partial charge in [-0.25, -0.2) is 4.98 Å². The van der Waals surface area contributed by atoms with Crippen molar-refractivity contribution in [1.82, 2.24) is 9.66 Å². The molecular weight excluding hydrogens is 663 g/mol. The molecule has 0 spiro atoms. The second kappa shape index (κ2) is 12.3. The van der Waals surface area contributed by atoms with Crippen LogP contribution in [-0.4, -0.2) is 35.5 Å². The SMILES string of the molecule is CCc1nc2ccc(Br)cc2c(=O)n1N=Cc1cc(OC)c(OCC(=O)Nc2ccc(Cl)cc2)c(Cl)c1Br. The molecule has 1 amide bonds. The molecule has 1 N–H and O–H groups in total. The molecule has 0 saturated heterocycles. The minimum atomic E-state index is -0.394. The maximum atomic E-state index is 13.2. The molecule has 0 radical (unpaired) electrons. The third-order valence-electron chi connectivity index (χ3n) is 5.36. The third kappa shape index (κ3) is 6.20. The van der Waals surface area contributed by atoms with E-state index in [1.165, 1.54) is 18.0 Å². The molecule has 1 aromatic heterocycles. The molecule has 0 atom stereocenters. The lowest BCUT2D eigenvalue weighted by atomic mass is 10.2. The lowest BCUT2D eigenvalue weighted by Crippen LogP contribution is -2.22. The van der Waals surface area contributed by atoms with Crippen LogP contribution in [0.1, 0.15) is 18.3 Å². The number of amides is 1. The molecule has 0 unspecified atom stereocenters. The fourth-order valence-corrected chi connectivity index (χ4v) is 4.66. The summed E-state index contributed by atoms with van der Waals surface area (Å²) in [5.41, 5.74) is 1.39. The molecule has 0 aliphatic rings. The quantitative estimate of drug-likeness (QED) is 0.209. The Kier molecular flexibility index (Phi) is 9.09. The molecule has 0 bridgehead atoms. The van der Waals surface area contributed by atoms with Crippen LogP contribution in [0.5, 0.6) is 11.5 Å². The van der Waals surface area contributed by atoms with Crippen LogP contribution in [0.4, 0.5) is 5.69 Å². The van der Waals surface area contributed by atoms with E-state index in [0.29, 0.717) is 43.9 Å². The Morgan fingerprint density at radius 1 is 1.16 bits per heavy atom. The Balaban J connectivity index is 1.61. The molecule has 38 heavy (non-hydrogen) atoms. The molecule has 196 valence electrons. The highest BCUT2D eigenvalue weighted by Gasteiger charge is 2.19. The number of benzene rings is 3. The van der Waals surface area contributed by atoms with E-state index in [2.05, 4.69) is 47.3 Å². The standard InChI is InChI=1S/C26H20Br2Cl2N4O4/c1-3-21-33-19-9-4-15(27)11-18(19)26(36)34(21)31-12-14-10-20(37-2)25(24(30)23(14)28)38-13-22(35)32-17-7-5-16(29)6-8-17/h4-12H,3,13H2,1-2H3,(H,32,35). The van der Waals surface area contributed by atoms with Crippen molar-refractivity contribution in [3.63, 3.8) is 0 Å². The maximum Gasteiger partial charge on any atom is 0.282 e. The van der Waals surface area contributed by atoms with Gasteiger partial charge in [-0.3, -0.25) is 9.59 Å². The summed E-state index contributed by atoms with van der Waals surface area (Å²) in [5.74, 6) is 0.562. The fraction of sp³-hybridized carbons (Fsp3) is 0.154. The second-order valence-electron chi connectivity index (χ2n) is 7.87. The molecule has 4 aromatic rings. The van der Waals surface area contributed by atoms with Crippen LogP contribution >= 0.6 is 55.1 Å². The van der Waals surface area contributed by atoms with Gasteiger partial charge in [0.15, 0.2) is 18.1 Å². The second-order valence-corrected chi connectivity index (χ2v) is 10.4. The number of halogens is 4. The number of aromatic nitrogens is 2. The summed E-state index contributed by atoms with van der Waals surface area (Å²) in [6.45, 7) is 1.58. The van der Waals surface area contributed by atoms with Crippen LogP contribution in [-0.2, 0) is 11.2 Å². The summed E-state index contributed by atoms with van der Waals surface area (Å²) in [7, 11) is 1.45. The van der Waals surface area contributed by atoms with Gasteiger partial charge in [0.25, 0.3) is 11.5 Å². The monoisotopic (exact) mass is 680 g/mol. The first-order valence-electron chi connectivity index (χ1n) is 11.2. The molecule has 12 heteroatoms. The van der Waals surface area contributed by atoms with E-state index in [1.54, 1.807) is 42.5 Å². The largest absolute Gasteiger partial charge is 0.493 e. The van der Waals surface area contributed by atoms with Crippen LogP contribution in [0.2, 0.25) is 10.0 Å². The predicted molar refractivity (Wildman–Crippen MR) is 157 cm³/mol. The summed E-state index contributed by atoms with van der Waals surface area (Å²) >= 11 is 19.3. The molecule has 0 aliphatic heterocycles. The summed E-state index contributed by atoms with van der Waals surface area (Å²) in [4.78, 5) is 30.1. The van der Waals surface area contributed by atoms with Gasteiger partial charge in [-0.15, -0.1) is 0 Å². The minimum Gasteiger partial charge on any atom is -0.493 e. The van der Waals surface area contributed by atoms with Gasteiger partial charge in [0, 0.05) is 31.6 Å². The highest BCUT2D eigenvalue weighted by molar-refractivity contribution is 9.10. The average Bonchev–Trinajstić information content (AvgIpc) is 2.91. The van der Waals surface area contributed by atoms with E-state index >= 15 is 0 Å². The van der Waals surface area contributed by atoms with E-state index in [-0.39, 0.29) is 28.7 Å². The molecule has 0 aliphatic carbocycles. The average molecular weight is 683 g/mol. The topological polar surface area (TPSA) is 94.8 Å². The Bertz CT molecular complexity index is 1610. The van der Waals surface area contributed by atoms with E-state index < -0.39 is 5.91 Å². The van der Waals surface area contributed by atoms with Crippen molar-refractivity contribution in [2.45, 2.75) is 13.3 Å². The first-order chi connectivity index (χ1) is 18.2. The van der Waals surface area contributed by atoms with Gasteiger partial charge < -0.3 is 14.8 Å². The van der Waals surface area contributed by atoms with Crippen LogP contribution < -0.4 is 20.3 Å². The Morgan fingerprint density at radius 3 is 2.58 bits per heavy atom. The summed E-state index contributed by atoms with van der Waals surface area (Å²) < 4.78 is 13.6. The van der Waals surface area contributed by atoms with Crippen molar-refractivity contribution in [2.24, 2.45) is 5.10 Å². The van der Waals surface area contributed by atoms with Gasteiger partial charge in [-0.05, 0) is 64.5 Å². The zero-order valence-corrected chi connectivity index (χ0v) is 24.8. The van der Waals surface area contributed by atoms with Crippen molar-refractivity contribution < 1.29 is 14.3 Å². The fourth-order valence-electron chi connectivity index (χ4n) is 3.52. The molecule has 1 heterocycles. The third-order valence-corrected chi connectivity index (χ3v) is 7.54. The minimum absolute atomic E-state index is 0.174. The van der Waals surface area contributed by atoms with Gasteiger partial charge in [0.1, 0.15) is 10.8 Å². The summed E-state index contributed by atoms with van der Waals surface area (Å²) in [5, 5.41) is 8.29. The molecule has 3 aromatic carbocycles. The number of nitrogens with one attached hydrogen (secondary N) is 1. The molecule has 4 rings (SSSR count). The number of hydrogen-bond donors (Lipinski definition) is 1. The maximum absolute atomic E-state index is 13.2. The number of carbonyl (C=O) groups is 1. The van der Waals surface area contributed by atoms with Crippen LogP contribution in [0.3, 0.4) is 0 Å². The highest BCUT2D eigenvalue weighted by atomic mass is 79.9. The number of anilines is 1. The normalized spacial score (nSPS) is 11.2. The number of nitrogens with zero attached hydrogens (tertiary/aromatic N) is 3. The Hall–Kier alpha value is -2.92. The lowest BCUT2D eigenvalue weighted by molar-refractivity contribution is -0.118. The van der Waals surface area contributed by atoms with E-state index in [4.69, 9.17) is 32.7 Å². The zero-order valence-electron chi connectivity index (χ0n) is 20.1. The number of carbonyl (C=O) groups excluding carboxylic acids is 1. The van der Waals surface area contributed by atoms with E-state index in [9.17, 15) is 9.59 Å². The van der Waals surface area contributed by atoms with Crippen molar-refractivity contribution in [1.29, 1.82) is 0 Å². The number of ether oxygens (including phenoxy) is 2. The van der Waals surface area contributed by atoms with Gasteiger partial charge in [0.05, 0.1) is 24.2 Å². The first kappa shape index (κ1) is 28.1. The lowest BCUT2D eigenvalue weighted by Gasteiger charge is -2.15. The molecule has 8 nitrogen and oxygen atoms in total. The molecule has 0 fully saturated rings. The summed E-state index contributed by atoms with van der Waals surface area (Å²) in [6, 6.07) is 13.6. The van der Waals surface area contributed by atoms with Crippen LogP contribution in [0.15, 0.2) is 67.4 Å². The zero-order chi connectivity index (χ0) is 27.4. The van der Waals surface area contributed by atoms with Crippen molar-refractivity contribution >= 4 is 83.8 Å². The van der Waals surface area contributed by atoms with Gasteiger partial charge in [0.2, 0.25) is 0 Å². The van der Waals surface area contributed by atoms with Crippen molar-refractivity contribution in [2.75, 3.05) is 19.0 Å². The predicted octanol–water partition coefficient (Wildman–Crippen LogP) is 6.70. The first-order valence-corrected chi connectivity index (χ1v) is 13.6. The van der Waals surface area contributed by atoms with Crippen molar-refractivity contribution in [3.8, 4) is 11.5 Å². The Morgan fingerprint density at radius 2 is 1.89 bits per heavy atom. The molecule has 0 saturated carbocycles. The van der Waals surface area contributed by atoms with Gasteiger partial charge in [-0.2, -0.15) is 9.78 Å². The number of hydrogen-bond acceptors (Lipinski definition) is 6. The smallest absolute Gasteiger partial charge is 0.282 e. The summed E-state index contributed by atoms with van der Waals surface area (Å²) in [6.07, 6.45) is 1.97. The number of rotatable bonds is 8. The van der Waals surface area contributed by atoms with Crippen LogP contribution in [0, 0.1) is 0 Å². The van der Waals surface area contributed by atoms with Gasteiger partial charge >= 0.3 is 0 Å². The number of fused-ring (bicyclic) bond motifs is 1. The van der Waals surface area contributed by atoms with Gasteiger partial charge in [-0.1, -0.05) is 46.1 Å². The number of methoxy groups -OCH3 is 1. The van der Waals surface area contributed by atoms with E-state index in [1.807, 2.05) is 13.0 Å². The van der Waals surface area contributed by atoms with Crippen LogP contribution in [0.25, 0.3) is 10.9 Å². The highest BCUT2D eigenvalue weighted by Crippen LogP contribution is 2.42. The molecular formula is C26H20Br2Cl2N4O4.